The highest BCUT2D eigenvalue weighted by Crippen LogP contribution is 2.23. The average Bonchev–Trinajstić information content (AvgIpc) is 3.01. The maximum atomic E-state index is 12.6. The molecule has 2 aromatic carbocycles. The fraction of sp³-hybridized carbons (Fsp3) is 0.200. The first-order chi connectivity index (χ1) is 12.8. The van der Waals surface area contributed by atoms with Crippen molar-refractivity contribution in [2.75, 3.05) is 12.4 Å². The third-order valence-electron chi connectivity index (χ3n) is 4.33. The number of fused-ring (bicyclic) bond motifs is 1. The first kappa shape index (κ1) is 18.8. The summed E-state index contributed by atoms with van der Waals surface area (Å²) in [5.41, 5.74) is 1.91. The number of nitrogens with one attached hydrogen (secondary N) is 1. The molecule has 0 bridgehead atoms. The van der Waals surface area contributed by atoms with E-state index in [0.29, 0.717) is 11.3 Å². The molecule has 0 fully saturated rings. The van der Waals surface area contributed by atoms with Crippen molar-refractivity contribution in [1.29, 1.82) is 0 Å². The first-order valence-electron chi connectivity index (χ1n) is 8.44. The van der Waals surface area contributed by atoms with Crippen LogP contribution in [0, 0.1) is 6.92 Å². The molecule has 7 heteroatoms. The van der Waals surface area contributed by atoms with E-state index in [1.54, 1.807) is 19.1 Å². The van der Waals surface area contributed by atoms with Gasteiger partial charge in [0.15, 0.2) is 16.4 Å². The molecule has 3 aromatic rings. The SMILES string of the molecule is CCS(=O)(=O)c1ccccc1C(=O)OCC(=O)c1c(C)[nH]c2ccccc12. The normalized spacial score (nSPS) is 11.5. The Balaban J connectivity index is 1.83. The van der Waals surface area contributed by atoms with Gasteiger partial charge in [-0.05, 0) is 25.1 Å². The molecule has 0 atom stereocenters. The van der Waals surface area contributed by atoms with Gasteiger partial charge in [0.2, 0.25) is 5.78 Å². The van der Waals surface area contributed by atoms with Gasteiger partial charge in [-0.1, -0.05) is 37.3 Å². The number of aryl methyl sites for hydroxylation is 1. The first-order valence-corrected chi connectivity index (χ1v) is 10.1. The summed E-state index contributed by atoms with van der Waals surface area (Å²) in [5, 5.41) is 0.755. The summed E-state index contributed by atoms with van der Waals surface area (Å²) >= 11 is 0. The summed E-state index contributed by atoms with van der Waals surface area (Å²) in [4.78, 5) is 28.0. The maximum Gasteiger partial charge on any atom is 0.339 e. The Hall–Kier alpha value is -2.93. The average molecular weight is 385 g/mol. The van der Waals surface area contributed by atoms with E-state index in [2.05, 4.69) is 4.98 Å². The Morgan fingerprint density at radius 1 is 1.04 bits per heavy atom. The van der Waals surface area contributed by atoms with E-state index in [1.165, 1.54) is 19.1 Å². The quantitative estimate of drug-likeness (QED) is 0.519. The number of ketones is 1. The van der Waals surface area contributed by atoms with Crippen LogP contribution in [0.5, 0.6) is 0 Å². The summed E-state index contributed by atoms with van der Waals surface area (Å²) in [7, 11) is -3.58. The number of rotatable bonds is 6. The molecular weight excluding hydrogens is 366 g/mol. The monoisotopic (exact) mass is 385 g/mol. The van der Waals surface area contributed by atoms with E-state index < -0.39 is 22.4 Å². The number of ether oxygens (including phenoxy) is 1. The molecule has 0 unspecified atom stereocenters. The van der Waals surface area contributed by atoms with Crippen LogP contribution in [-0.4, -0.2) is 37.5 Å². The molecule has 0 radical (unpaired) electrons. The van der Waals surface area contributed by atoms with Gasteiger partial charge >= 0.3 is 5.97 Å². The molecule has 0 spiro atoms. The molecule has 0 aliphatic carbocycles. The van der Waals surface area contributed by atoms with Gasteiger partial charge < -0.3 is 9.72 Å². The fourth-order valence-electron chi connectivity index (χ4n) is 2.98. The number of carbonyl (C=O) groups excluding carboxylic acids is 2. The lowest BCUT2D eigenvalue weighted by Gasteiger charge is -2.09. The van der Waals surface area contributed by atoms with Gasteiger partial charge in [-0.2, -0.15) is 0 Å². The van der Waals surface area contributed by atoms with Crippen molar-refractivity contribution < 1.29 is 22.7 Å². The van der Waals surface area contributed by atoms with Gasteiger partial charge in [0.1, 0.15) is 0 Å². The van der Waals surface area contributed by atoms with Gasteiger partial charge in [-0.3, -0.25) is 4.79 Å². The van der Waals surface area contributed by atoms with Gasteiger partial charge in [0, 0.05) is 22.2 Å². The minimum Gasteiger partial charge on any atom is -0.454 e. The molecule has 0 saturated heterocycles. The van der Waals surface area contributed by atoms with Crippen molar-refractivity contribution in [3.05, 3.63) is 65.4 Å². The number of benzene rings is 2. The summed E-state index contributed by atoms with van der Waals surface area (Å²) in [6.07, 6.45) is 0. The second kappa shape index (κ2) is 7.36. The third-order valence-corrected chi connectivity index (χ3v) is 6.12. The van der Waals surface area contributed by atoms with Crippen molar-refractivity contribution in [3.63, 3.8) is 0 Å². The van der Waals surface area contributed by atoms with Crippen LogP contribution in [0.4, 0.5) is 0 Å². The predicted molar refractivity (Wildman–Crippen MR) is 102 cm³/mol. The van der Waals surface area contributed by atoms with Crippen LogP contribution in [0.2, 0.25) is 0 Å². The molecule has 140 valence electrons. The Morgan fingerprint density at radius 3 is 2.44 bits per heavy atom. The number of sulfone groups is 1. The summed E-state index contributed by atoms with van der Waals surface area (Å²) in [5.74, 6) is -1.33. The topological polar surface area (TPSA) is 93.3 Å². The fourth-order valence-corrected chi connectivity index (χ4v) is 4.06. The predicted octanol–water partition coefficient (Wildman–Crippen LogP) is 3.31. The van der Waals surface area contributed by atoms with Gasteiger partial charge in [-0.25, -0.2) is 13.2 Å². The molecule has 1 N–H and O–H groups in total. The van der Waals surface area contributed by atoms with Gasteiger partial charge in [-0.15, -0.1) is 0 Å². The number of aromatic nitrogens is 1. The highest BCUT2D eigenvalue weighted by Gasteiger charge is 2.23. The van der Waals surface area contributed by atoms with Crippen LogP contribution in [-0.2, 0) is 14.6 Å². The standard InChI is InChI=1S/C20H19NO5S/c1-3-27(24,25)18-11-7-5-9-15(18)20(23)26-12-17(22)19-13(2)21-16-10-6-4-8-14(16)19/h4-11,21H,3,12H2,1-2H3. The number of para-hydroxylation sites is 1. The Kier molecular flexibility index (Phi) is 5.14. The number of carbonyl (C=O) groups is 2. The lowest BCUT2D eigenvalue weighted by molar-refractivity contribution is 0.0471. The lowest BCUT2D eigenvalue weighted by Crippen LogP contribution is -2.17. The zero-order valence-electron chi connectivity index (χ0n) is 15.0. The molecule has 27 heavy (non-hydrogen) atoms. The lowest BCUT2D eigenvalue weighted by atomic mass is 10.1. The molecule has 3 rings (SSSR count). The molecule has 0 aliphatic rings. The van der Waals surface area contributed by atoms with Gasteiger partial charge in [0.25, 0.3) is 0 Å². The van der Waals surface area contributed by atoms with Crippen LogP contribution < -0.4 is 0 Å². The molecule has 1 aromatic heterocycles. The Morgan fingerprint density at radius 2 is 1.70 bits per heavy atom. The van der Waals surface area contributed by atoms with Crippen LogP contribution in [0.3, 0.4) is 0 Å². The maximum absolute atomic E-state index is 12.6. The Bertz CT molecular complexity index is 1130. The molecule has 1 heterocycles. The van der Waals surface area contributed by atoms with Crippen molar-refractivity contribution >= 4 is 32.5 Å². The molecule has 6 nitrogen and oxygen atoms in total. The van der Waals surface area contributed by atoms with Crippen molar-refractivity contribution in [1.82, 2.24) is 4.98 Å². The number of hydrogen-bond donors (Lipinski definition) is 1. The largest absolute Gasteiger partial charge is 0.454 e. The van der Waals surface area contributed by atoms with E-state index in [-0.39, 0.29) is 22.0 Å². The van der Waals surface area contributed by atoms with Crippen molar-refractivity contribution in [2.45, 2.75) is 18.7 Å². The van der Waals surface area contributed by atoms with Crippen LogP contribution in [0.15, 0.2) is 53.4 Å². The molecule has 0 saturated carbocycles. The number of H-pyrrole nitrogens is 1. The molecular formula is C20H19NO5S. The van der Waals surface area contributed by atoms with E-state index in [9.17, 15) is 18.0 Å². The number of hydrogen-bond acceptors (Lipinski definition) is 5. The second-order valence-corrected chi connectivity index (χ2v) is 8.32. The molecule has 0 aliphatic heterocycles. The van der Waals surface area contributed by atoms with Gasteiger partial charge in [0.05, 0.1) is 16.2 Å². The number of aromatic amines is 1. The van der Waals surface area contributed by atoms with E-state index in [0.717, 1.165) is 10.9 Å². The van der Waals surface area contributed by atoms with Crippen LogP contribution in [0.1, 0.15) is 33.3 Å². The molecule has 0 amide bonds. The summed E-state index contributed by atoms with van der Waals surface area (Å²) in [6.45, 7) is 2.81. The third kappa shape index (κ3) is 3.64. The van der Waals surface area contributed by atoms with Crippen LogP contribution >= 0.6 is 0 Å². The zero-order chi connectivity index (χ0) is 19.6. The van der Waals surface area contributed by atoms with Crippen molar-refractivity contribution in [3.8, 4) is 0 Å². The smallest absolute Gasteiger partial charge is 0.339 e. The van der Waals surface area contributed by atoms with Crippen LogP contribution in [0.25, 0.3) is 10.9 Å². The highest BCUT2D eigenvalue weighted by molar-refractivity contribution is 7.91. The highest BCUT2D eigenvalue weighted by atomic mass is 32.2. The Labute approximate surface area is 157 Å². The second-order valence-electron chi connectivity index (χ2n) is 6.07. The van der Waals surface area contributed by atoms with E-state index >= 15 is 0 Å². The number of Topliss-reactive ketones (excluding diaryl/α,β-unsaturated/α-hetero) is 1. The van der Waals surface area contributed by atoms with E-state index in [1.807, 2.05) is 24.3 Å². The minimum atomic E-state index is -3.58. The van der Waals surface area contributed by atoms with Crippen molar-refractivity contribution in [2.24, 2.45) is 0 Å². The number of esters is 1. The summed E-state index contributed by atoms with van der Waals surface area (Å²) in [6, 6.07) is 13.2. The minimum absolute atomic E-state index is 0.0669. The zero-order valence-corrected chi connectivity index (χ0v) is 15.8. The van der Waals surface area contributed by atoms with E-state index in [4.69, 9.17) is 4.74 Å². The summed E-state index contributed by atoms with van der Waals surface area (Å²) < 4.78 is 29.5.